The molecule has 0 aliphatic carbocycles. The number of nitrogens with zero attached hydrogens (tertiary/aromatic N) is 2. The van der Waals surface area contributed by atoms with Gasteiger partial charge in [0.05, 0.1) is 22.8 Å². The van der Waals surface area contributed by atoms with Gasteiger partial charge in [0.2, 0.25) is 0 Å². The molecule has 2 heterocycles. The van der Waals surface area contributed by atoms with Crippen LogP contribution in [0.15, 0.2) is 35.1 Å². The van der Waals surface area contributed by atoms with Crippen LogP contribution in [0.4, 0.5) is 19.0 Å². The van der Waals surface area contributed by atoms with Crippen molar-refractivity contribution in [3.05, 3.63) is 51.3 Å². The van der Waals surface area contributed by atoms with E-state index in [1.807, 2.05) is 0 Å². The standard InChI is InChI=1S/C12H8BrClF3N3/c13-11-10(14)8(12(15,16)17)5-9(20-11)19-6-7-3-1-2-4-18-7/h1-5H,6H2,(H,19,20). The number of anilines is 1. The van der Waals surface area contributed by atoms with Gasteiger partial charge in [-0.2, -0.15) is 13.2 Å². The van der Waals surface area contributed by atoms with Crippen molar-refractivity contribution in [3.8, 4) is 0 Å². The molecule has 2 aromatic heterocycles. The van der Waals surface area contributed by atoms with E-state index in [2.05, 4.69) is 31.2 Å². The van der Waals surface area contributed by atoms with Crippen molar-refractivity contribution in [1.82, 2.24) is 9.97 Å². The van der Waals surface area contributed by atoms with E-state index in [1.54, 1.807) is 24.4 Å². The van der Waals surface area contributed by atoms with Crippen molar-refractivity contribution in [2.75, 3.05) is 5.32 Å². The molecule has 0 aliphatic heterocycles. The zero-order valence-electron chi connectivity index (χ0n) is 9.88. The Morgan fingerprint density at radius 2 is 2.05 bits per heavy atom. The average molecular weight is 367 g/mol. The highest BCUT2D eigenvalue weighted by Crippen LogP contribution is 2.38. The minimum absolute atomic E-state index is 0.0579. The van der Waals surface area contributed by atoms with Crippen molar-refractivity contribution in [3.63, 3.8) is 0 Å². The first-order valence-corrected chi connectivity index (χ1v) is 6.62. The average Bonchev–Trinajstić information content (AvgIpc) is 2.40. The first kappa shape index (κ1) is 15.1. The third-order valence-electron chi connectivity index (χ3n) is 2.40. The summed E-state index contributed by atoms with van der Waals surface area (Å²) in [5.74, 6) is 0.0688. The monoisotopic (exact) mass is 365 g/mol. The number of rotatable bonds is 3. The Labute approximate surface area is 126 Å². The Hall–Kier alpha value is -1.34. The predicted molar refractivity (Wildman–Crippen MR) is 73.5 cm³/mol. The molecule has 0 aliphatic rings. The minimum atomic E-state index is -4.54. The zero-order valence-corrected chi connectivity index (χ0v) is 12.2. The highest BCUT2D eigenvalue weighted by Gasteiger charge is 2.35. The van der Waals surface area contributed by atoms with Gasteiger partial charge in [-0.05, 0) is 34.1 Å². The lowest BCUT2D eigenvalue weighted by atomic mass is 10.2. The zero-order chi connectivity index (χ0) is 14.8. The van der Waals surface area contributed by atoms with E-state index in [-0.39, 0.29) is 17.0 Å². The Balaban J connectivity index is 2.23. The summed E-state index contributed by atoms with van der Waals surface area (Å²) >= 11 is 8.51. The Kier molecular flexibility index (Phi) is 4.49. The van der Waals surface area contributed by atoms with E-state index >= 15 is 0 Å². The fourth-order valence-electron chi connectivity index (χ4n) is 1.48. The second kappa shape index (κ2) is 5.97. The first-order chi connectivity index (χ1) is 9.38. The van der Waals surface area contributed by atoms with Gasteiger partial charge in [0.15, 0.2) is 0 Å². The van der Waals surface area contributed by atoms with Crippen molar-refractivity contribution in [2.24, 2.45) is 0 Å². The summed E-state index contributed by atoms with van der Waals surface area (Å²) in [5.41, 5.74) is -0.251. The number of alkyl halides is 3. The van der Waals surface area contributed by atoms with Gasteiger partial charge in [0.25, 0.3) is 0 Å². The maximum Gasteiger partial charge on any atom is 0.418 e. The first-order valence-electron chi connectivity index (χ1n) is 5.45. The van der Waals surface area contributed by atoms with Gasteiger partial charge in [0, 0.05) is 6.20 Å². The van der Waals surface area contributed by atoms with Crippen LogP contribution in [0.2, 0.25) is 5.02 Å². The van der Waals surface area contributed by atoms with Crippen LogP contribution in [0.3, 0.4) is 0 Å². The molecule has 0 bridgehead atoms. The molecule has 0 saturated carbocycles. The maximum absolute atomic E-state index is 12.8. The van der Waals surface area contributed by atoms with Crippen LogP contribution in [-0.2, 0) is 12.7 Å². The third kappa shape index (κ3) is 3.61. The van der Waals surface area contributed by atoms with E-state index in [4.69, 9.17) is 11.6 Å². The summed E-state index contributed by atoms with van der Waals surface area (Å²) < 4.78 is 38.3. The maximum atomic E-state index is 12.8. The van der Waals surface area contributed by atoms with E-state index < -0.39 is 16.8 Å². The largest absolute Gasteiger partial charge is 0.418 e. The van der Waals surface area contributed by atoms with E-state index in [0.29, 0.717) is 5.69 Å². The van der Waals surface area contributed by atoms with Gasteiger partial charge in [-0.1, -0.05) is 17.7 Å². The molecule has 0 fully saturated rings. The fraction of sp³-hybridized carbons (Fsp3) is 0.167. The minimum Gasteiger partial charge on any atom is -0.364 e. The highest BCUT2D eigenvalue weighted by molar-refractivity contribution is 9.10. The molecule has 8 heteroatoms. The summed E-state index contributed by atoms with van der Waals surface area (Å²) in [6, 6.07) is 6.16. The molecule has 106 valence electrons. The SMILES string of the molecule is FC(F)(F)c1cc(NCc2ccccn2)nc(Br)c1Cl. The van der Waals surface area contributed by atoms with Gasteiger partial charge >= 0.3 is 6.18 Å². The molecule has 20 heavy (non-hydrogen) atoms. The lowest BCUT2D eigenvalue weighted by molar-refractivity contribution is -0.137. The van der Waals surface area contributed by atoms with Gasteiger partial charge in [-0.3, -0.25) is 4.98 Å². The number of hydrogen-bond acceptors (Lipinski definition) is 3. The fourth-order valence-corrected chi connectivity index (χ4v) is 2.09. The molecule has 0 unspecified atom stereocenters. The number of aromatic nitrogens is 2. The summed E-state index contributed by atoms with van der Waals surface area (Å²) in [4.78, 5) is 7.96. The lowest BCUT2D eigenvalue weighted by Gasteiger charge is -2.13. The van der Waals surface area contributed by atoms with E-state index in [1.165, 1.54) is 0 Å². The molecule has 0 radical (unpaired) electrons. The van der Waals surface area contributed by atoms with E-state index in [9.17, 15) is 13.2 Å². The summed E-state index contributed by atoms with van der Waals surface area (Å²) in [6.07, 6.45) is -2.94. The molecule has 2 rings (SSSR count). The second-order valence-corrected chi connectivity index (χ2v) is 4.96. The van der Waals surface area contributed by atoms with Crippen molar-refractivity contribution in [2.45, 2.75) is 12.7 Å². The van der Waals surface area contributed by atoms with Gasteiger partial charge in [-0.25, -0.2) is 4.98 Å². The molecular formula is C12H8BrClF3N3. The number of halogens is 5. The Bertz CT molecular complexity index is 605. The second-order valence-electron chi connectivity index (χ2n) is 3.83. The van der Waals surface area contributed by atoms with Crippen LogP contribution in [0.25, 0.3) is 0 Å². The van der Waals surface area contributed by atoms with Gasteiger partial charge in [-0.15, -0.1) is 0 Å². The van der Waals surface area contributed by atoms with Crippen LogP contribution in [-0.4, -0.2) is 9.97 Å². The smallest absolute Gasteiger partial charge is 0.364 e. The summed E-state index contributed by atoms with van der Waals surface area (Å²) in [6.45, 7) is 0.263. The van der Waals surface area contributed by atoms with Crippen LogP contribution >= 0.6 is 27.5 Å². The number of hydrogen-bond donors (Lipinski definition) is 1. The van der Waals surface area contributed by atoms with Crippen molar-refractivity contribution >= 4 is 33.3 Å². The van der Waals surface area contributed by atoms with Crippen molar-refractivity contribution < 1.29 is 13.2 Å². The summed E-state index contributed by atoms with van der Waals surface area (Å²) in [5, 5.41) is 2.32. The van der Waals surface area contributed by atoms with Crippen LogP contribution in [0.1, 0.15) is 11.3 Å². The summed E-state index contributed by atoms with van der Waals surface area (Å²) in [7, 11) is 0. The van der Waals surface area contributed by atoms with E-state index in [0.717, 1.165) is 6.07 Å². The highest BCUT2D eigenvalue weighted by atomic mass is 79.9. The molecule has 0 saturated heterocycles. The van der Waals surface area contributed by atoms with Gasteiger partial charge in [0.1, 0.15) is 10.4 Å². The Morgan fingerprint density at radius 1 is 1.30 bits per heavy atom. The van der Waals surface area contributed by atoms with Crippen molar-refractivity contribution in [1.29, 1.82) is 0 Å². The molecule has 3 nitrogen and oxygen atoms in total. The molecule has 0 spiro atoms. The normalized spacial score (nSPS) is 11.4. The number of pyridine rings is 2. The third-order valence-corrected chi connectivity index (χ3v) is 3.58. The predicted octanol–water partition coefficient (Wildman–Crippen LogP) is 4.52. The molecule has 1 N–H and O–H groups in total. The van der Waals surface area contributed by atoms with Crippen LogP contribution < -0.4 is 5.32 Å². The molecular weight excluding hydrogens is 359 g/mol. The Morgan fingerprint density at radius 3 is 2.65 bits per heavy atom. The topological polar surface area (TPSA) is 37.8 Å². The molecule has 0 amide bonds. The van der Waals surface area contributed by atoms with Gasteiger partial charge < -0.3 is 5.32 Å². The van der Waals surface area contributed by atoms with Crippen LogP contribution in [0, 0.1) is 0 Å². The van der Waals surface area contributed by atoms with Crippen LogP contribution in [0.5, 0.6) is 0 Å². The molecule has 0 atom stereocenters. The molecule has 0 aromatic carbocycles. The lowest BCUT2D eigenvalue weighted by Crippen LogP contribution is -2.10. The quantitative estimate of drug-likeness (QED) is 0.812. The number of nitrogens with one attached hydrogen (secondary N) is 1. The molecule has 2 aromatic rings.